The molecule has 0 aliphatic carbocycles. The van der Waals surface area contributed by atoms with Crippen LogP contribution in [0.5, 0.6) is 5.75 Å². The van der Waals surface area contributed by atoms with Crippen molar-refractivity contribution in [2.75, 3.05) is 25.1 Å². The highest BCUT2D eigenvalue weighted by atomic mass is 19.1. The predicted octanol–water partition coefficient (Wildman–Crippen LogP) is 3.74. The van der Waals surface area contributed by atoms with Crippen molar-refractivity contribution in [2.24, 2.45) is 0 Å². The maximum absolute atomic E-state index is 13.8. The Morgan fingerprint density at radius 3 is 2.78 bits per heavy atom. The monoisotopic (exact) mass is 316 g/mol. The molecule has 2 aromatic rings. The number of methoxy groups -OCH3 is 1. The zero-order chi connectivity index (χ0) is 16.4. The van der Waals surface area contributed by atoms with E-state index in [9.17, 15) is 14.5 Å². The van der Waals surface area contributed by atoms with Gasteiger partial charge >= 0.3 is 5.69 Å². The van der Waals surface area contributed by atoms with E-state index in [1.807, 2.05) is 29.2 Å². The summed E-state index contributed by atoms with van der Waals surface area (Å²) in [5, 5.41) is 11.2. The second kappa shape index (κ2) is 6.24. The van der Waals surface area contributed by atoms with Gasteiger partial charge in [-0.25, -0.2) is 0 Å². The zero-order valence-corrected chi connectivity index (χ0v) is 12.7. The minimum Gasteiger partial charge on any atom is -0.496 e. The van der Waals surface area contributed by atoms with Crippen molar-refractivity contribution < 1.29 is 14.1 Å². The lowest BCUT2D eigenvalue weighted by molar-refractivity contribution is -0.386. The minimum absolute atomic E-state index is 0.203. The number of ether oxygens (including phenoxy) is 1. The Balaban J connectivity index is 1.89. The van der Waals surface area contributed by atoms with Crippen LogP contribution in [0.25, 0.3) is 0 Å². The maximum atomic E-state index is 13.8. The summed E-state index contributed by atoms with van der Waals surface area (Å²) in [7, 11) is 1.63. The number of benzene rings is 2. The highest BCUT2D eigenvalue weighted by Crippen LogP contribution is 2.39. The lowest BCUT2D eigenvalue weighted by Gasteiger charge is -2.19. The Hall–Kier alpha value is -2.63. The second-order valence-corrected chi connectivity index (χ2v) is 5.54. The van der Waals surface area contributed by atoms with Crippen LogP contribution in [0.1, 0.15) is 17.9 Å². The second-order valence-electron chi connectivity index (χ2n) is 5.54. The lowest BCUT2D eigenvalue weighted by atomic mass is 9.97. The first kappa shape index (κ1) is 15.3. The van der Waals surface area contributed by atoms with E-state index in [-0.39, 0.29) is 5.92 Å². The van der Waals surface area contributed by atoms with E-state index in [0.717, 1.165) is 23.8 Å². The number of halogens is 1. The largest absolute Gasteiger partial charge is 0.496 e. The van der Waals surface area contributed by atoms with Crippen LogP contribution in [0.2, 0.25) is 0 Å². The van der Waals surface area contributed by atoms with Gasteiger partial charge in [0.2, 0.25) is 5.82 Å². The normalized spacial score (nSPS) is 17.3. The minimum atomic E-state index is -0.798. The zero-order valence-electron chi connectivity index (χ0n) is 12.7. The molecule has 0 radical (unpaired) electrons. The van der Waals surface area contributed by atoms with Crippen molar-refractivity contribution in [2.45, 2.75) is 12.3 Å². The molecule has 5 nitrogen and oxygen atoms in total. The molecule has 0 N–H and O–H groups in total. The van der Waals surface area contributed by atoms with Crippen LogP contribution in [0.3, 0.4) is 0 Å². The summed E-state index contributed by atoms with van der Waals surface area (Å²) in [6.45, 7) is 1.25. The molecule has 23 heavy (non-hydrogen) atoms. The number of rotatable bonds is 4. The van der Waals surface area contributed by atoms with Gasteiger partial charge in [-0.15, -0.1) is 0 Å². The first-order chi connectivity index (χ1) is 11.1. The molecular weight excluding hydrogens is 299 g/mol. The van der Waals surface area contributed by atoms with Crippen LogP contribution in [0, 0.1) is 15.9 Å². The fourth-order valence-electron chi connectivity index (χ4n) is 3.18. The fourth-order valence-corrected chi connectivity index (χ4v) is 3.18. The Labute approximate surface area is 133 Å². The first-order valence-electron chi connectivity index (χ1n) is 7.42. The van der Waals surface area contributed by atoms with Gasteiger partial charge in [-0.1, -0.05) is 24.3 Å². The fraction of sp³-hybridized carbons (Fsp3) is 0.294. The molecule has 2 aromatic carbocycles. The summed E-state index contributed by atoms with van der Waals surface area (Å²) in [5.74, 6) is 0.218. The van der Waals surface area contributed by atoms with Crippen molar-refractivity contribution in [1.82, 2.24) is 0 Å². The molecular formula is C17H17FN2O3. The van der Waals surface area contributed by atoms with Gasteiger partial charge in [0.05, 0.1) is 12.0 Å². The van der Waals surface area contributed by atoms with Gasteiger partial charge in [-0.3, -0.25) is 10.1 Å². The molecule has 1 aliphatic rings. The first-order valence-corrected chi connectivity index (χ1v) is 7.42. The van der Waals surface area contributed by atoms with Crippen molar-refractivity contribution in [1.29, 1.82) is 0 Å². The average Bonchev–Trinajstić information content (AvgIpc) is 3.03. The average molecular weight is 316 g/mol. The number of anilines is 1. The molecule has 3 rings (SSSR count). The summed E-state index contributed by atoms with van der Waals surface area (Å²) in [6.07, 6.45) is 0.841. The molecule has 0 amide bonds. The number of hydrogen-bond acceptors (Lipinski definition) is 4. The van der Waals surface area contributed by atoms with Crippen LogP contribution >= 0.6 is 0 Å². The molecule has 1 unspecified atom stereocenters. The van der Waals surface area contributed by atoms with E-state index in [4.69, 9.17) is 4.74 Å². The molecule has 1 saturated heterocycles. The third-order valence-electron chi connectivity index (χ3n) is 4.26. The van der Waals surface area contributed by atoms with Gasteiger partial charge in [0.25, 0.3) is 0 Å². The third-order valence-corrected chi connectivity index (χ3v) is 4.26. The van der Waals surface area contributed by atoms with Crippen molar-refractivity contribution in [3.63, 3.8) is 0 Å². The van der Waals surface area contributed by atoms with Crippen molar-refractivity contribution >= 4 is 11.4 Å². The predicted molar refractivity (Wildman–Crippen MR) is 85.6 cm³/mol. The van der Waals surface area contributed by atoms with Gasteiger partial charge in [0.1, 0.15) is 11.4 Å². The van der Waals surface area contributed by atoms with E-state index >= 15 is 0 Å². The standard InChI is InChI=1S/C17H17FN2O3/c1-23-16-8-3-2-5-13(16)12-9-10-19(11-12)15-7-4-6-14(18)17(15)20(21)22/h2-8,12H,9-11H2,1H3. The summed E-state index contributed by atoms with van der Waals surface area (Å²) in [4.78, 5) is 12.4. The molecule has 120 valence electrons. The summed E-state index contributed by atoms with van der Waals surface area (Å²) in [6, 6.07) is 12.0. The topological polar surface area (TPSA) is 55.6 Å². The molecule has 1 heterocycles. The SMILES string of the molecule is COc1ccccc1C1CCN(c2cccc(F)c2[N+](=O)[O-])C1. The van der Waals surface area contributed by atoms with E-state index in [0.29, 0.717) is 18.8 Å². The number of nitro benzene ring substituents is 1. The van der Waals surface area contributed by atoms with E-state index in [1.165, 1.54) is 6.07 Å². The molecule has 0 spiro atoms. The maximum Gasteiger partial charge on any atom is 0.327 e. The molecule has 0 saturated carbocycles. The summed E-state index contributed by atoms with van der Waals surface area (Å²) < 4.78 is 19.2. The van der Waals surface area contributed by atoms with E-state index in [1.54, 1.807) is 13.2 Å². The summed E-state index contributed by atoms with van der Waals surface area (Å²) in [5.41, 5.74) is 0.970. The van der Waals surface area contributed by atoms with E-state index < -0.39 is 16.4 Å². The van der Waals surface area contributed by atoms with Crippen LogP contribution in [-0.2, 0) is 0 Å². The van der Waals surface area contributed by atoms with Gasteiger partial charge in [-0.05, 0) is 30.2 Å². The molecule has 1 fully saturated rings. The Bertz CT molecular complexity index is 736. The van der Waals surface area contributed by atoms with Crippen LogP contribution in [-0.4, -0.2) is 25.1 Å². The quantitative estimate of drug-likeness (QED) is 0.637. The lowest BCUT2D eigenvalue weighted by Crippen LogP contribution is -2.20. The van der Waals surface area contributed by atoms with Crippen LogP contribution in [0.4, 0.5) is 15.8 Å². The molecule has 6 heteroatoms. The Kier molecular flexibility index (Phi) is 4.14. The highest BCUT2D eigenvalue weighted by Gasteiger charge is 2.31. The third kappa shape index (κ3) is 2.84. The molecule has 0 aromatic heterocycles. The highest BCUT2D eigenvalue weighted by molar-refractivity contribution is 5.64. The number of hydrogen-bond donors (Lipinski definition) is 0. The number of nitrogens with zero attached hydrogens (tertiary/aromatic N) is 2. The van der Waals surface area contributed by atoms with Gasteiger partial charge < -0.3 is 9.64 Å². The van der Waals surface area contributed by atoms with Gasteiger partial charge in [0, 0.05) is 19.0 Å². The molecule has 0 bridgehead atoms. The van der Waals surface area contributed by atoms with Crippen LogP contribution < -0.4 is 9.64 Å². The Morgan fingerprint density at radius 2 is 2.04 bits per heavy atom. The smallest absolute Gasteiger partial charge is 0.327 e. The van der Waals surface area contributed by atoms with Crippen molar-refractivity contribution in [3.8, 4) is 5.75 Å². The van der Waals surface area contributed by atoms with Crippen molar-refractivity contribution in [3.05, 3.63) is 64.0 Å². The van der Waals surface area contributed by atoms with E-state index in [2.05, 4.69) is 0 Å². The number of nitro groups is 1. The van der Waals surface area contributed by atoms with Crippen LogP contribution in [0.15, 0.2) is 42.5 Å². The summed E-state index contributed by atoms with van der Waals surface area (Å²) >= 11 is 0. The van der Waals surface area contributed by atoms with Gasteiger partial charge in [0.15, 0.2) is 0 Å². The number of para-hydroxylation sites is 2. The molecule has 1 aliphatic heterocycles. The molecule has 1 atom stereocenters. The van der Waals surface area contributed by atoms with Gasteiger partial charge in [-0.2, -0.15) is 4.39 Å². The Morgan fingerprint density at radius 1 is 1.26 bits per heavy atom.